The first-order valence-electron chi connectivity index (χ1n) is 21.7. The Morgan fingerprint density at radius 2 is 1.58 bits per heavy atom. The Balaban J connectivity index is 0.000000588. The zero-order valence-corrected chi connectivity index (χ0v) is 33.7. The van der Waals surface area contributed by atoms with E-state index in [-0.39, 0.29) is 23.9 Å². The standard InChI is InChI=1S/C39H66N2O5.C4H7NO/c1-26(2)35(42-6)30-9-7-28-31(45-30)23-29-27-8-10-32-36(3,4)33(11-12-39(32)25-38(27,39)14-13-37(28,29)5)46-34-24-41(19-22-44-34)16-15-40-17-20-43-21-18-40;6-4-5-2-1-3-5/h26-35H,7-25H2,1-6H3;4H,1-3H2. The highest BCUT2D eigenvalue weighted by molar-refractivity contribution is 5.48. The van der Waals surface area contributed by atoms with Crippen LogP contribution in [0.1, 0.15) is 105 Å². The molecule has 4 heterocycles. The number of nitrogens with zero attached hydrogens (tertiary/aromatic N) is 3. The largest absolute Gasteiger partial charge is 0.379 e. The monoisotopic (exact) mass is 728 g/mol. The Morgan fingerprint density at radius 1 is 0.827 bits per heavy atom. The van der Waals surface area contributed by atoms with E-state index in [2.05, 4.69) is 44.4 Å². The van der Waals surface area contributed by atoms with E-state index < -0.39 is 0 Å². The van der Waals surface area contributed by atoms with Crippen LogP contribution in [-0.4, -0.2) is 131 Å². The number of fused-ring (bicyclic) bond motifs is 4. The molecular weight excluding hydrogens is 654 g/mol. The second-order valence-electron chi connectivity index (χ2n) is 19.9. The number of carbonyl (C=O) groups is 1. The summed E-state index contributed by atoms with van der Waals surface area (Å²) in [6.07, 6.45) is 16.8. The highest BCUT2D eigenvalue weighted by Gasteiger charge is 2.80. The zero-order valence-electron chi connectivity index (χ0n) is 33.7. The quantitative estimate of drug-likeness (QED) is 0.265. The molecule has 296 valence electrons. The highest BCUT2D eigenvalue weighted by atomic mass is 16.7. The maximum absolute atomic E-state index is 9.71. The minimum Gasteiger partial charge on any atom is -0.379 e. The Kier molecular flexibility index (Phi) is 10.9. The minimum atomic E-state index is -0.0873. The third-order valence-corrected chi connectivity index (χ3v) is 17.2. The van der Waals surface area contributed by atoms with Crippen LogP contribution in [0.25, 0.3) is 0 Å². The molecule has 4 aliphatic heterocycles. The lowest BCUT2D eigenvalue weighted by Crippen LogP contribution is -2.56. The lowest BCUT2D eigenvalue weighted by atomic mass is 9.46. The van der Waals surface area contributed by atoms with E-state index in [0.717, 1.165) is 102 Å². The van der Waals surface area contributed by atoms with Gasteiger partial charge in [0.15, 0.2) is 6.29 Å². The topological polar surface area (TPSA) is 72.9 Å². The number of amides is 1. The third-order valence-electron chi connectivity index (χ3n) is 17.2. The van der Waals surface area contributed by atoms with Gasteiger partial charge in [0.1, 0.15) is 0 Å². The molecule has 0 N–H and O–H groups in total. The van der Waals surface area contributed by atoms with E-state index in [1.54, 1.807) is 4.90 Å². The summed E-state index contributed by atoms with van der Waals surface area (Å²) in [7, 11) is 1.89. The lowest BCUT2D eigenvalue weighted by molar-refractivity contribution is -0.245. The number of hydrogen-bond acceptors (Lipinski definition) is 8. The van der Waals surface area contributed by atoms with Gasteiger partial charge in [-0.05, 0) is 122 Å². The Bertz CT molecular complexity index is 1240. The molecule has 2 spiro atoms. The molecule has 12 unspecified atom stereocenters. The molecule has 1 amide bonds. The summed E-state index contributed by atoms with van der Waals surface area (Å²) in [4.78, 5) is 16.6. The molecule has 9 nitrogen and oxygen atoms in total. The Morgan fingerprint density at radius 3 is 2.27 bits per heavy atom. The smallest absolute Gasteiger partial charge is 0.209 e. The van der Waals surface area contributed by atoms with Gasteiger partial charge in [-0.3, -0.25) is 14.6 Å². The van der Waals surface area contributed by atoms with E-state index in [4.69, 9.17) is 23.7 Å². The molecule has 12 atom stereocenters. The van der Waals surface area contributed by atoms with Crippen LogP contribution in [0, 0.1) is 51.2 Å². The van der Waals surface area contributed by atoms with E-state index in [9.17, 15) is 4.79 Å². The molecule has 0 aromatic heterocycles. The van der Waals surface area contributed by atoms with Crippen LogP contribution < -0.4 is 0 Å². The molecule has 0 radical (unpaired) electrons. The molecule has 5 aliphatic carbocycles. The van der Waals surface area contributed by atoms with Gasteiger partial charge in [0.05, 0.1) is 44.2 Å². The van der Waals surface area contributed by atoms with E-state index in [1.165, 1.54) is 70.6 Å². The van der Waals surface area contributed by atoms with Crippen LogP contribution in [0.15, 0.2) is 0 Å². The van der Waals surface area contributed by atoms with Crippen molar-refractivity contribution < 1.29 is 28.5 Å². The summed E-state index contributed by atoms with van der Waals surface area (Å²) in [6.45, 7) is 23.2. The Labute approximate surface area is 315 Å². The second kappa shape index (κ2) is 14.9. The molecule has 0 aromatic carbocycles. The molecule has 9 rings (SSSR count). The molecule has 0 aromatic rings. The average Bonchev–Trinajstić information content (AvgIpc) is 3.69. The summed E-state index contributed by atoms with van der Waals surface area (Å²) in [5, 5.41) is 0. The summed E-state index contributed by atoms with van der Waals surface area (Å²) >= 11 is 0. The number of morpholine rings is 2. The van der Waals surface area contributed by atoms with Gasteiger partial charge in [-0.25, -0.2) is 0 Å². The predicted molar refractivity (Wildman–Crippen MR) is 202 cm³/mol. The second-order valence-corrected chi connectivity index (χ2v) is 19.9. The van der Waals surface area contributed by atoms with Crippen LogP contribution in [0.4, 0.5) is 0 Å². The van der Waals surface area contributed by atoms with Crippen LogP contribution in [0.3, 0.4) is 0 Å². The van der Waals surface area contributed by atoms with Crippen molar-refractivity contribution in [3.63, 3.8) is 0 Å². The van der Waals surface area contributed by atoms with Crippen molar-refractivity contribution in [1.29, 1.82) is 0 Å². The van der Waals surface area contributed by atoms with Crippen LogP contribution in [0.2, 0.25) is 0 Å². The van der Waals surface area contributed by atoms with Crippen molar-refractivity contribution in [1.82, 2.24) is 14.7 Å². The van der Waals surface area contributed by atoms with Crippen molar-refractivity contribution in [3.05, 3.63) is 0 Å². The summed E-state index contributed by atoms with van der Waals surface area (Å²) in [6, 6.07) is 0. The number of methoxy groups -OCH3 is 1. The molecule has 9 aliphatic rings. The van der Waals surface area contributed by atoms with Gasteiger partial charge in [0.25, 0.3) is 0 Å². The minimum absolute atomic E-state index is 0.0873. The number of likely N-dealkylation sites (tertiary alicyclic amines) is 1. The van der Waals surface area contributed by atoms with E-state index in [1.807, 2.05) is 7.11 Å². The van der Waals surface area contributed by atoms with E-state index in [0.29, 0.717) is 34.4 Å². The predicted octanol–water partition coefficient (Wildman–Crippen LogP) is 6.09. The van der Waals surface area contributed by atoms with Gasteiger partial charge >= 0.3 is 0 Å². The van der Waals surface area contributed by atoms with Gasteiger partial charge in [-0.2, -0.15) is 0 Å². The van der Waals surface area contributed by atoms with Crippen molar-refractivity contribution in [2.24, 2.45) is 51.2 Å². The van der Waals surface area contributed by atoms with Crippen LogP contribution >= 0.6 is 0 Å². The van der Waals surface area contributed by atoms with Gasteiger partial charge in [-0.1, -0.05) is 34.6 Å². The number of ether oxygens (including phenoxy) is 5. The molecule has 52 heavy (non-hydrogen) atoms. The normalized spacial score (nSPS) is 45.9. The fraction of sp³-hybridized carbons (Fsp3) is 0.977. The number of rotatable bonds is 9. The molecule has 0 bridgehead atoms. The first-order chi connectivity index (χ1) is 25.0. The van der Waals surface area contributed by atoms with Gasteiger partial charge in [0, 0.05) is 59.5 Å². The first-order valence-corrected chi connectivity index (χ1v) is 21.7. The first kappa shape index (κ1) is 38.1. The average molecular weight is 728 g/mol. The SMILES string of the molecule is COC(C(C)C)C1CCC2C(CC3C4CCC5C(C)(C)C(OC6CN(CCN7CCOCC7)CCO6)CCC56CC46CCC23C)O1.O=CN1CCC1. The van der Waals surface area contributed by atoms with Gasteiger partial charge < -0.3 is 28.6 Å². The Hall–Kier alpha value is -0.810. The molecule has 9 heteroatoms. The molecule has 5 saturated carbocycles. The maximum atomic E-state index is 9.71. The fourth-order valence-corrected chi connectivity index (χ4v) is 14.3. The lowest BCUT2D eigenvalue weighted by Gasteiger charge is -2.60. The molecular formula is C43H73N3O6. The van der Waals surface area contributed by atoms with Crippen LogP contribution in [0.5, 0.6) is 0 Å². The molecule has 9 fully saturated rings. The van der Waals surface area contributed by atoms with E-state index >= 15 is 0 Å². The third kappa shape index (κ3) is 6.54. The van der Waals surface area contributed by atoms with Crippen molar-refractivity contribution >= 4 is 6.41 Å². The summed E-state index contributed by atoms with van der Waals surface area (Å²) in [5.74, 6) is 3.76. The summed E-state index contributed by atoms with van der Waals surface area (Å²) in [5.41, 5.74) is 1.79. The van der Waals surface area contributed by atoms with Crippen molar-refractivity contribution in [2.75, 3.05) is 79.3 Å². The fourth-order valence-electron chi connectivity index (χ4n) is 14.3. The highest BCUT2D eigenvalue weighted by Crippen LogP contribution is 2.87. The number of carbonyl (C=O) groups excluding carboxylic acids is 1. The van der Waals surface area contributed by atoms with Crippen molar-refractivity contribution in [3.8, 4) is 0 Å². The summed E-state index contributed by atoms with van der Waals surface area (Å²) < 4.78 is 31.8. The van der Waals surface area contributed by atoms with Crippen LogP contribution in [-0.2, 0) is 28.5 Å². The molecule has 4 saturated heterocycles. The van der Waals surface area contributed by atoms with Crippen molar-refractivity contribution in [2.45, 2.75) is 136 Å². The van der Waals surface area contributed by atoms with Gasteiger partial charge in [0.2, 0.25) is 6.41 Å². The zero-order chi connectivity index (χ0) is 36.3. The number of hydrogen-bond donors (Lipinski definition) is 0. The van der Waals surface area contributed by atoms with Gasteiger partial charge in [-0.15, -0.1) is 0 Å². The maximum Gasteiger partial charge on any atom is 0.209 e.